The molecule has 0 radical (unpaired) electrons. The summed E-state index contributed by atoms with van der Waals surface area (Å²) in [5.41, 5.74) is 1.96. The van der Waals surface area contributed by atoms with Crippen LogP contribution in [0.3, 0.4) is 0 Å². The van der Waals surface area contributed by atoms with E-state index in [4.69, 9.17) is 9.52 Å². The van der Waals surface area contributed by atoms with Crippen LogP contribution in [0.1, 0.15) is 23.1 Å². The third kappa shape index (κ3) is 2.60. The zero-order chi connectivity index (χ0) is 14.8. The zero-order valence-corrected chi connectivity index (χ0v) is 11.5. The Morgan fingerprint density at radius 2 is 2.29 bits per heavy atom. The second kappa shape index (κ2) is 5.32. The molecule has 1 unspecified atom stereocenters. The van der Waals surface area contributed by atoms with Gasteiger partial charge in [-0.1, -0.05) is 18.2 Å². The summed E-state index contributed by atoms with van der Waals surface area (Å²) in [6.45, 7) is 2.02. The van der Waals surface area contributed by atoms with Gasteiger partial charge >= 0.3 is 6.09 Å². The molecule has 2 aromatic heterocycles. The topological polar surface area (TPSA) is 91.1 Å². The lowest BCUT2D eigenvalue weighted by molar-refractivity contribution is 0.194. The number of oxazole rings is 1. The highest BCUT2D eigenvalue weighted by atomic mass is 16.4. The van der Waals surface area contributed by atoms with Crippen molar-refractivity contribution in [3.05, 3.63) is 53.9 Å². The molecule has 6 heteroatoms. The molecular weight excluding hydrogens is 270 g/mol. The van der Waals surface area contributed by atoms with Crippen molar-refractivity contribution in [3.63, 3.8) is 0 Å². The second-order valence-electron chi connectivity index (χ2n) is 4.84. The Morgan fingerprint density at radius 3 is 3.00 bits per heavy atom. The highest BCUT2D eigenvalue weighted by Crippen LogP contribution is 2.30. The van der Waals surface area contributed by atoms with Gasteiger partial charge in [-0.25, -0.2) is 9.78 Å². The second-order valence-corrected chi connectivity index (χ2v) is 4.84. The first-order chi connectivity index (χ1) is 10.1. The van der Waals surface area contributed by atoms with Crippen molar-refractivity contribution in [3.8, 4) is 0 Å². The van der Waals surface area contributed by atoms with E-state index in [2.05, 4.69) is 15.3 Å². The van der Waals surface area contributed by atoms with E-state index < -0.39 is 6.09 Å². The Kier molecular flexibility index (Phi) is 3.35. The fraction of sp³-hybridized carbons (Fsp3) is 0.200. The predicted molar refractivity (Wildman–Crippen MR) is 77.4 cm³/mol. The van der Waals surface area contributed by atoms with Crippen LogP contribution in [-0.4, -0.2) is 27.7 Å². The highest BCUT2D eigenvalue weighted by molar-refractivity contribution is 5.84. The predicted octanol–water partition coefficient (Wildman–Crippen LogP) is 2.86. The van der Waals surface area contributed by atoms with Crippen LogP contribution in [0.5, 0.6) is 0 Å². The molecule has 0 spiro atoms. The average Bonchev–Trinajstić information content (AvgIpc) is 3.06. The lowest BCUT2D eigenvalue weighted by Gasteiger charge is -2.13. The van der Waals surface area contributed by atoms with Crippen LogP contribution >= 0.6 is 0 Å². The number of benzene rings is 1. The average molecular weight is 285 g/mol. The number of nitrogens with zero attached hydrogens (tertiary/aromatic N) is 1. The summed E-state index contributed by atoms with van der Waals surface area (Å²) in [7, 11) is 0. The summed E-state index contributed by atoms with van der Waals surface area (Å²) < 4.78 is 5.59. The maximum absolute atomic E-state index is 10.8. The number of rotatable bonds is 4. The van der Waals surface area contributed by atoms with Gasteiger partial charge in [0, 0.05) is 23.6 Å². The molecule has 0 fully saturated rings. The van der Waals surface area contributed by atoms with Gasteiger partial charge in [0.1, 0.15) is 5.76 Å². The smallest absolute Gasteiger partial charge is 0.404 e. The minimum Gasteiger partial charge on any atom is -0.465 e. The third-order valence-corrected chi connectivity index (χ3v) is 3.39. The Hall–Kier alpha value is -2.76. The Labute approximate surface area is 120 Å². The van der Waals surface area contributed by atoms with Crippen LogP contribution in [0.15, 0.2) is 41.1 Å². The lowest BCUT2D eigenvalue weighted by Crippen LogP contribution is -2.27. The van der Waals surface area contributed by atoms with Crippen LogP contribution in [-0.2, 0) is 0 Å². The first kappa shape index (κ1) is 13.2. The summed E-state index contributed by atoms with van der Waals surface area (Å²) in [5.74, 6) is 0.933. The molecular formula is C15H15N3O3. The minimum atomic E-state index is -1.07. The van der Waals surface area contributed by atoms with Gasteiger partial charge in [0.2, 0.25) is 5.89 Å². The first-order valence-electron chi connectivity index (χ1n) is 6.60. The third-order valence-electron chi connectivity index (χ3n) is 3.39. The van der Waals surface area contributed by atoms with Gasteiger partial charge in [0.25, 0.3) is 0 Å². The maximum Gasteiger partial charge on any atom is 0.404 e. The maximum atomic E-state index is 10.8. The number of carboxylic acid groups (broad SMARTS) is 1. The fourth-order valence-electron chi connectivity index (χ4n) is 2.44. The standard InChI is InChI=1S/C15H15N3O3/c1-9-6-17-14(21-9)12(8-18-15(19)20)11-7-16-13-5-3-2-4-10(11)13/h2-7,12,16,18H,8H2,1H3,(H,19,20). The number of aryl methyl sites for hydroxylation is 1. The molecule has 3 rings (SSSR count). The van der Waals surface area contributed by atoms with Crippen LogP contribution in [0.2, 0.25) is 0 Å². The number of nitrogens with one attached hydrogen (secondary N) is 2. The first-order valence-corrected chi connectivity index (χ1v) is 6.60. The number of hydrogen-bond acceptors (Lipinski definition) is 3. The van der Waals surface area contributed by atoms with Crippen LogP contribution in [0, 0.1) is 6.92 Å². The number of carbonyl (C=O) groups is 1. The number of fused-ring (bicyclic) bond motifs is 1. The van der Waals surface area contributed by atoms with Crippen molar-refractivity contribution in [2.75, 3.05) is 6.54 Å². The van der Waals surface area contributed by atoms with E-state index in [0.29, 0.717) is 11.7 Å². The molecule has 108 valence electrons. The molecule has 0 saturated carbocycles. The van der Waals surface area contributed by atoms with Crippen molar-refractivity contribution in [1.82, 2.24) is 15.3 Å². The van der Waals surface area contributed by atoms with E-state index >= 15 is 0 Å². The molecule has 2 heterocycles. The molecule has 1 atom stereocenters. The Morgan fingerprint density at radius 1 is 1.48 bits per heavy atom. The van der Waals surface area contributed by atoms with E-state index in [1.165, 1.54) is 0 Å². The van der Waals surface area contributed by atoms with E-state index in [1.807, 2.05) is 37.4 Å². The van der Waals surface area contributed by atoms with Crippen molar-refractivity contribution < 1.29 is 14.3 Å². The van der Waals surface area contributed by atoms with Crippen molar-refractivity contribution >= 4 is 17.0 Å². The number of amides is 1. The van der Waals surface area contributed by atoms with Crippen LogP contribution < -0.4 is 5.32 Å². The summed E-state index contributed by atoms with van der Waals surface area (Å²) in [6.07, 6.45) is 2.44. The summed E-state index contributed by atoms with van der Waals surface area (Å²) >= 11 is 0. The summed E-state index contributed by atoms with van der Waals surface area (Å²) in [6, 6.07) is 7.86. The van der Waals surface area contributed by atoms with E-state index in [1.54, 1.807) is 6.20 Å². The lowest BCUT2D eigenvalue weighted by atomic mass is 9.98. The molecule has 3 N–H and O–H groups in total. The van der Waals surface area contributed by atoms with Gasteiger partial charge in [-0.3, -0.25) is 0 Å². The molecule has 1 aromatic carbocycles. The van der Waals surface area contributed by atoms with Crippen molar-refractivity contribution in [2.24, 2.45) is 0 Å². The molecule has 0 bridgehead atoms. The highest BCUT2D eigenvalue weighted by Gasteiger charge is 2.23. The van der Waals surface area contributed by atoms with Crippen molar-refractivity contribution in [2.45, 2.75) is 12.8 Å². The van der Waals surface area contributed by atoms with E-state index in [9.17, 15) is 4.79 Å². The number of aromatic nitrogens is 2. The van der Waals surface area contributed by atoms with Gasteiger partial charge in [0.05, 0.1) is 12.1 Å². The Bertz CT molecular complexity index is 775. The van der Waals surface area contributed by atoms with Gasteiger partial charge in [0.15, 0.2) is 0 Å². The molecule has 0 aliphatic rings. The van der Waals surface area contributed by atoms with Gasteiger partial charge in [-0.2, -0.15) is 0 Å². The quantitative estimate of drug-likeness (QED) is 0.687. The number of H-pyrrole nitrogens is 1. The van der Waals surface area contributed by atoms with Crippen LogP contribution in [0.4, 0.5) is 4.79 Å². The molecule has 21 heavy (non-hydrogen) atoms. The molecule has 0 aliphatic carbocycles. The van der Waals surface area contributed by atoms with Gasteiger partial charge < -0.3 is 19.8 Å². The minimum absolute atomic E-state index is 0.205. The number of hydrogen-bond donors (Lipinski definition) is 3. The molecule has 0 saturated heterocycles. The van der Waals surface area contributed by atoms with E-state index in [-0.39, 0.29) is 12.5 Å². The molecule has 0 aliphatic heterocycles. The van der Waals surface area contributed by atoms with E-state index in [0.717, 1.165) is 16.5 Å². The summed E-state index contributed by atoms with van der Waals surface area (Å²) in [5, 5.41) is 12.3. The monoisotopic (exact) mass is 285 g/mol. The normalized spacial score (nSPS) is 12.4. The fourth-order valence-corrected chi connectivity index (χ4v) is 2.44. The van der Waals surface area contributed by atoms with Crippen molar-refractivity contribution in [1.29, 1.82) is 0 Å². The number of aromatic amines is 1. The molecule has 6 nitrogen and oxygen atoms in total. The van der Waals surface area contributed by atoms with Gasteiger partial charge in [-0.05, 0) is 18.6 Å². The zero-order valence-electron chi connectivity index (χ0n) is 11.5. The molecule has 1 amide bonds. The SMILES string of the molecule is Cc1cnc(C(CNC(=O)O)c2c[nH]c3ccccc23)o1. The molecule has 3 aromatic rings. The van der Waals surface area contributed by atoms with Gasteiger partial charge in [-0.15, -0.1) is 0 Å². The summed E-state index contributed by atoms with van der Waals surface area (Å²) in [4.78, 5) is 18.2. The van der Waals surface area contributed by atoms with Crippen LogP contribution in [0.25, 0.3) is 10.9 Å². The largest absolute Gasteiger partial charge is 0.465 e. The Balaban J connectivity index is 2.03. The number of para-hydroxylation sites is 1.